The van der Waals surface area contributed by atoms with Crippen molar-refractivity contribution in [3.8, 4) is 0 Å². The third-order valence-corrected chi connectivity index (χ3v) is 1.74. The molecule has 0 bridgehead atoms. The molecule has 1 N–H and O–H groups in total. The fraction of sp³-hybridized carbons (Fsp3) is 0.400. The van der Waals surface area contributed by atoms with Gasteiger partial charge in [-0.25, -0.2) is 4.39 Å². The molecule has 0 saturated carbocycles. The van der Waals surface area contributed by atoms with E-state index >= 15 is 0 Å². The number of alkyl halides is 1. The normalized spacial score (nSPS) is 12.9. The summed E-state index contributed by atoms with van der Waals surface area (Å²) < 4.78 is 12.7. The van der Waals surface area contributed by atoms with Crippen LogP contribution in [0.1, 0.15) is 11.1 Å². The minimum Gasteiger partial charge on any atom is -0.393 e. The summed E-state index contributed by atoms with van der Waals surface area (Å²) in [5.74, 6) is 0. The second-order valence-corrected chi connectivity index (χ2v) is 2.97. The van der Waals surface area contributed by atoms with Crippen molar-refractivity contribution in [3.63, 3.8) is 0 Å². The van der Waals surface area contributed by atoms with Gasteiger partial charge in [0.2, 0.25) is 0 Å². The third kappa shape index (κ3) is 2.62. The van der Waals surface area contributed by atoms with Crippen LogP contribution < -0.4 is 0 Å². The molecule has 0 fully saturated rings. The molecule has 1 atom stereocenters. The molecule has 66 valence electrons. The molecule has 0 saturated heterocycles. The van der Waals surface area contributed by atoms with E-state index in [1.54, 1.807) is 0 Å². The second-order valence-electron chi connectivity index (χ2n) is 2.97. The highest BCUT2D eigenvalue weighted by molar-refractivity contribution is 5.22. The molecule has 0 heterocycles. The molecular weight excluding hydrogens is 155 g/mol. The van der Waals surface area contributed by atoms with Crippen LogP contribution >= 0.6 is 0 Å². The minimum atomic E-state index is -1.13. The van der Waals surface area contributed by atoms with Crippen LogP contribution in [0.4, 0.5) is 4.39 Å². The van der Waals surface area contributed by atoms with Crippen LogP contribution in [0.3, 0.4) is 0 Å². The summed E-state index contributed by atoms with van der Waals surface area (Å²) in [5.41, 5.74) is 2.06. The van der Waals surface area contributed by atoms with Crippen LogP contribution in [0, 0.1) is 6.92 Å². The Kier molecular flexibility index (Phi) is 3.23. The lowest BCUT2D eigenvalue weighted by Gasteiger charge is -2.04. The molecule has 2 heteroatoms. The maximum Gasteiger partial charge on any atom is 0.127 e. The molecule has 1 aromatic carbocycles. The number of hydrogen-bond acceptors (Lipinski definition) is 1. The molecule has 0 unspecified atom stereocenters. The first-order valence-electron chi connectivity index (χ1n) is 4.03. The quantitative estimate of drug-likeness (QED) is 0.730. The fourth-order valence-electron chi connectivity index (χ4n) is 1.16. The Balaban J connectivity index is 2.63. The average molecular weight is 168 g/mol. The number of benzene rings is 1. The SMILES string of the molecule is Cc1cccc(C[C@@H](F)CO)c1. The van der Waals surface area contributed by atoms with Gasteiger partial charge in [0.1, 0.15) is 6.17 Å². The maximum absolute atomic E-state index is 12.7. The van der Waals surface area contributed by atoms with Crippen LogP contribution in [0.5, 0.6) is 0 Å². The van der Waals surface area contributed by atoms with Gasteiger partial charge in [-0.15, -0.1) is 0 Å². The largest absolute Gasteiger partial charge is 0.393 e. The van der Waals surface area contributed by atoms with Crippen molar-refractivity contribution < 1.29 is 9.50 Å². The zero-order valence-corrected chi connectivity index (χ0v) is 7.13. The molecule has 12 heavy (non-hydrogen) atoms. The molecule has 0 aliphatic heterocycles. The lowest BCUT2D eigenvalue weighted by Crippen LogP contribution is -2.09. The summed E-state index contributed by atoms with van der Waals surface area (Å²) in [6.45, 7) is 1.57. The number of hydrogen-bond donors (Lipinski definition) is 1. The van der Waals surface area contributed by atoms with E-state index in [1.165, 1.54) is 0 Å². The summed E-state index contributed by atoms with van der Waals surface area (Å²) >= 11 is 0. The highest BCUT2D eigenvalue weighted by Crippen LogP contribution is 2.08. The third-order valence-electron chi connectivity index (χ3n) is 1.74. The van der Waals surface area contributed by atoms with E-state index in [-0.39, 0.29) is 0 Å². The Hall–Kier alpha value is -0.890. The number of aliphatic hydroxyl groups excluding tert-OH is 1. The Morgan fingerprint density at radius 2 is 2.25 bits per heavy atom. The van der Waals surface area contributed by atoms with Crippen LogP contribution in [-0.2, 0) is 6.42 Å². The van der Waals surface area contributed by atoms with E-state index in [0.717, 1.165) is 11.1 Å². The minimum absolute atomic E-state index is 0.304. The van der Waals surface area contributed by atoms with E-state index in [2.05, 4.69) is 0 Å². The Morgan fingerprint density at radius 3 is 2.83 bits per heavy atom. The molecule has 0 aromatic heterocycles. The van der Waals surface area contributed by atoms with Gasteiger partial charge in [-0.05, 0) is 12.5 Å². The summed E-state index contributed by atoms with van der Waals surface area (Å²) in [6, 6.07) is 7.67. The molecule has 0 aliphatic carbocycles. The molecule has 1 nitrogen and oxygen atoms in total. The highest BCUT2D eigenvalue weighted by Gasteiger charge is 2.04. The molecule has 0 spiro atoms. The number of rotatable bonds is 3. The van der Waals surface area contributed by atoms with Gasteiger partial charge in [0.05, 0.1) is 6.61 Å². The summed E-state index contributed by atoms with van der Waals surface area (Å²) in [4.78, 5) is 0. The maximum atomic E-state index is 12.7. The van der Waals surface area contributed by atoms with Crippen LogP contribution in [0.2, 0.25) is 0 Å². The van der Waals surface area contributed by atoms with E-state index in [1.807, 2.05) is 31.2 Å². The fourth-order valence-corrected chi connectivity index (χ4v) is 1.16. The van der Waals surface area contributed by atoms with Crippen molar-refractivity contribution in [2.75, 3.05) is 6.61 Å². The molecular formula is C10H13FO. The second kappa shape index (κ2) is 4.21. The zero-order chi connectivity index (χ0) is 8.97. The van der Waals surface area contributed by atoms with Crippen molar-refractivity contribution in [1.29, 1.82) is 0 Å². The van der Waals surface area contributed by atoms with Crippen LogP contribution in [0.25, 0.3) is 0 Å². The van der Waals surface area contributed by atoms with Gasteiger partial charge in [-0.1, -0.05) is 29.8 Å². The molecule has 0 amide bonds. The van der Waals surface area contributed by atoms with Gasteiger partial charge in [-0.3, -0.25) is 0 Å². The van der Waals surface area contributed by atoms with Gasteiger partial charge in [0.25, 0.3) is 0 Å². The predicted molar refractivity (Wildman–Crippen MR) is 46.9 cm³/mol. The Labute approximate surface area is 71.9 Å². The van der Waals surface area contributed by atoms with Crippen molar-refractivity contribution in [2.45, 2.75) is 19.5 Å². The van der Waals surface area contributed by atoms with Crippen molar-refractivity contribution in [3.05, 3.63) is 35.4 Å². The van der Waals surface area contributed by atoms with Crippen molar-refractivity contribution in [1.82, 2.24) is 0 Å². The molecule has 0 aliphatic rings. The average Bonchev–Trinajstić information content (AvgIpc) is 2.04. The molecule has 1 aromatic rings. The van der Waals surface area contributed by atoms with E-state index in [9.17, 15) is 4.39 Å². The zero-order valence-electron chi connectivity index (χ0n) is 7.13. The number of aliphatic hydroxyl groups is 1. The van der Waals surface area contributed by atoms with Crippen LogP contribution in [-0.4, -0.2) is 17.9 Å². The summed E-state index contributed by atoms with van der Waals surface area (Å²) in [6.07, 6.45) is -0.829. The van der Waals surface area contributed by atoms with E-state index in [4.69, 9.17) is 5.11 Å². The number of halogens is 1. The van der Waals surface area contributed by atoms with E-state index < -0.39 is 12.8 Å². The van der Waals surface area contributed by atoms with Crippen molar-refractivity contribution in [2.24, 2.45) is 0 Å². The standard InChI is InChI=1S/C10H13FO/c1-8-3-2-4-9(5-8)6-10(11)7-12/h2-5,10,12H,6-7H2,1H3/t10-/m1/s1. The lowest BCUT2D eigenvalue weighted by molar-refractivity contribution is 0.177. The monoisotopic (exact) mass is 168 g/mol. The Morgan fingerprint density at radius 1 is 1.50 bits per heavy atom. The van der Waals surface area contributed by atoms with Crippen molar-refractivity contribution >= 4 is 0 Å². The summed E-state index contributed by atoms with van der Waals surface area (Å²) in [5, 5.41) is 8.49. The smallest absolute Gasteiger partial charge is 0.127 e. The predicted octanol–water partition coefficient (Wildman–Crippen LogP) is 1.87. The molecule has 1 rings (SSSR count). The van der Waals surface area contributed by atoms with Gasteiger partial charge >= 0.3 is 0 Å². The first-order chi connectivity index (χ1) is 5.72. The Bertz CT molecular complexity index is 247. The number of aryl methyl sites for hydroxylation is 1. The van der Waals surface area contributed by atoms with Gasteiger partial charge in [-0.2, -0.15) is 0 Å². The van der Waals surface area contributed by atoms with Gasteiger partial charge < -0.3 is 5.11 Å². The first kappa shape index (κ1) is 9.20. The first-order valence-corrected chi connectivity index (χ1v) is 4.03. The van der Waals surface area contributed by atoms with E-state index in [0.29, 0.717) is 6.42 Å². The van der Waals surface area contributed by atoms with Crippen LogP contribution in [0.15, 0.2) is 24.3 Å². The lowest BCUT2D eigenvalue weighted by atomic mass is 10.1. The van der Waals surface area contributed by atoms with Gasteiger partial charge in [0.15, 0.2) is 0 Å². The molecule has 0 radical (unpaired) electrons. The summed E-state index contributed by atoms with van der Waals surface area (Å²) in [7, 11) is 0. The highest BCUT2D eigenvalue weighted by atomic mass is 19.1. The topological polar surface area (TPSA) is 20.2 Å². The van der Waals surface area contributed by atoms with Gasteiger partial charge in [0, 0.05) is 6.42 Å².